The Morgan fingerprint density at radius 1 is 1.33 bits per heavy atom. The molecule has 0 N–H and O–H groups in total. The van der Waals surface area contributed by atoms with Gasteiger partial charge in [-0.2, -0.15) is 0 Å². The Balaban J connectivity index is 2.99. The maximum atomic E-state index is 12.6. The van der Waals surface area contributed by atoms with Gasteiger partial charge in [0.25, 0.3) is 5.91 Å². The monoisotopic (exact) mass is 379 g/mol. The number of carbonyl (C=O) groups is 1. The molecule has 0 aliphatic rings. The lowest BCUT2D eigenvalue weighted by molar-refractivity contribution is 0.0680. The van der Waals surface area contributed by atoms with Gasteiger partial charge < -0.3 is 4.90 Å². The van der Waals surface area contributed by atoms with E-state index in [0.29, 0.717) is 12.4 Å². The Bertz CT molecular complexity index is 393. The average Bonchev–Trinajstić information content (AvgIpc) is 2.39. The first kappa shape index (κ1) is 15.8. The molecule has 18 heavy (non-hydrogen) atoms. The predicted octanol–water partition coefficient (Wildman–Crippen LogP) is 4.16. The summed E-state index contributed by atoms with van der Waals surface area (Å²) < 4.78 is 0.991. The van der Waals surface area contributed by atoms with Gasteiger partial charge >= 0.3 is 0 Å². The van der Waals surface area contributed by atoms with Crippen molar-refractivity contribution >= 4 is 40.1 Å². The fourth-order valence-electron chi connectivity index (χ4n) is 2.06. The molecule has 1 amide bonds. The van der Waals surface area contributed by atoms with Crippen molar-refractivity contribution in [2.75, 3.05) is 12.4 Å². The van der Waals surface area contributed by atoms with Crippen LogP contribution in [0.5, 0.6) is 0 Å². The van der Waals surface area contributed by atoms with Gasteiger partial charge in [-0.1, -0.05) is 26.0 Å². The molecule has 0 aliphatic carbocycles. The summed E-state index contributed by atoms with van der Waals surface area (Å²) in [6.07, 6.45) is 1.92. The lowest BCUT2D eigenvalue weighted by Gasteiger charge is -2.30. The zero-order valence-corrected chi connectivity index (χ0v) is 13.7. The minimum atomic E-state index is 0.0920. The van der Waals surface area contributed by atoms with E-state index < -0.39 is 0 Å². The first-order valence-electron chi connectivity index (χ1n) is 6.27. The molecular formula is C14H19ClINO. The van der Waals surface area contributed by atoms with Crippen LogP contribution < -0.4 is 0 Å². The largest absolute Gasteiger partial charge is 0.334 e. The average molecular weight is 380 g/mol. The van der Waals surface area contributed by atoms with Crippen molar-refractivity contribution in [3.63, 3.8) is 0 Å². The third-order valence-corrected chi connectivity index (χ3v) is 4.18. The lowest BCUT2D eigenvalue weighted by atomic mass is 10.1. The number of nitrogens with zero attached hydrogens (tertiary/aromatic N) is 1. The first-order chi connectivity index (χ1) is 8.65. The molecule has 0 radical (unpaired) electrons. The fraction of sp³-hybridized carbons (Fsp3) is 0.500. The summed E-state index contributed by atoms with van der Waals surface area (Å²) in [7, 11) is 0. The standard InChI is InChI=1S/C14H19ClINO/c1-3-11(4-2)17(10-9-15)14(18)12-7-5-6-8-13(12)16/h5-8,11H,3-4,9-10H2,1-2H3. The Labute approximate surface area is 128 Å². The maximum absolute atomic E-state index is 12.6. The molecule has 4 heteroatoms. The van der Waals surface area contributed by atoms with Crippen LogP contribution in [-0.4, -0.2) is 29.3 Å². The number of rotatable bonds is 6. The molecule has 100 valence electrons. The second-order valence-corrected chi connectivity index (χ2v) is 5.68. The van der Waals surface area contributed by atoms with E-state index in [1.54, 1.807) is 0 Å². The Hall–Kier alpha value is -0.290. The fourth-order valence-corrected chi connectivity index (χ4v) is 2.86. The molecule has 1 aromatic carbocycles. The molecule has 0 spiro atoms. The molecule has 0 aliphatic heterocycles. The van der Waals surface area contributed by atoms with Gasteiger partial charge in [0.15, 0.2) is 0 Å². The summed E-state index contributed by atoms with van der Waals surface area (Å²) in [6, 6.07) is 7.96. The van der Waals surface area contributed by atoms with Crippen molar-refractivity contribution in [1.29, 1.82) is 0 Å². The van der Waals surface area contributed by atoms with E-state index in [1.165, 1.54) is 0 Å². The maximum Gasteiger partial charge on any atom is 0.255 e. The summed E-state index contributed by atoms with van der Waals surface area (Å²) >= 11 is 8.03. The summed E-state index contributed by atoms with van der Waals surface area (Å²) in [5, 5.41) is 0. The molecular weight excluding hydrogens is 361 g/mol. The molecule has 1 aromatic rings. The molecule has 2 nitrogen and oxygen atoms in total. The van der Waals surface area contributed by atoms with E-state index in [1.807, 2.05) is 29.2 Å². The molecule has 0 saturated carbocycles. The minimum absolute atomic E-state index is 0.0920. The van der Waals surface area contributed by atoms with Gasteiger partial charge in [0.2, 0.25) is 0 Å². The van der Waals surface area contributed by atoms with E-state index in [0.717, 1.165) is 22.0 Å². The van der Waals surface area contributed by atoms with Crippen LogP contribution in [0.4, 0.5) is 0 Å². The number of halogens is 2. The zero-order chi connectivity index (χ0) is 13.5. The summed E-state index contributed by atoms with van der Waals surface area (Å²) in [5.41, 5.74) is 0.773. The van der Waals surface area contributed by atoms with Crippen molar-refractivity contribution < 1.29 is 4.79 Å². The van der Waals surface area contributed by atoms with Crippen LogP contribution in [0, 0.1) is 3.57 Å². The van der Waals surface area contributed by atoms with E-state index >= 15 is 0 Å². The predicted molar refractivity (Wildman–Crippen MR) is 85.3 cm³/mol. The highest BCUT2D eigenvalue weighted by molar-refractivity contribution is 14.1. The SMILES string of the molecule is CCC(CC)N(CCCl)C(=O)c1ccccc1I. The van der Waals surface area contributed by atoms with Crippen LogP contribution in [0.25, 0.3) is 0 Å². The van der Waals surface area contributed by atoms with Crippen molar-refractivity contribution in [3.8, 4) is 0 Å². The van der Waals surface area contributed by atoms with Crippen LogP contribution in [0.3, 0.4) is 0 Å². The van der Waals surface area contributed by atoms with Gasteiger partial charge in [-0.05, 0) is 47.6 Å². The van der Waals surface area contributed by atoms with Gasteiger partial charge in [0, 0.05) is 22.0 Å². The van der Waals surface area contributed by atoms with Crippen molar-refractivity contribution in [3.05, 3.63) is 33.4 Å². The Morgan fingerprint density at radius 3 is 2.44 bits per heavy atom. The summed E-state index contributed by atoms with van der Waals surface area (Å²) in [4.78, 5) is 14.5. The van der Waals surface area contributed by atoms with Gasteiger partial charge in [-0.15, -0.1) is 11.6 Å². The highest BCUT2D eigenvalue weighted by Crippen LogP contribution is 2.18. The zero-order valence-electron chi connectivity index (χ0n) is 10.8. The first-order valence-corrected chi connectivity index (χ1v) is 7.88. The van der Waals surface area contributed by atoms with Crippen LogP contribution >= 0.6 is 34.2 Å². The summed E-state index contributed by atoms with van der Waals surface area (Å²) in [6.45, 7) is 4.83. The third kappa shape index (κ3) is 3.85. The van der Waals surface area contributed by atoms with Gasteiger partial charge in [0.1, 0.15) is 0 Å². The molecule has 0 unspecified atom stereocenters. The van der Waals surface area contributed by atoms with E-state index in [2.05, 4.69) is 36.4 Å². The van der Waals surface area contributed by atoms with Crippen LogP contribution in [0.1, 0.15) is 37.0 Å². The number of alkyl halides is 1. The molecule has 0 atom stereocenters. The molecule has 0 bridgehead atoms. The number of hydrogen-bond acceptors (Lipinski definition) is 1. The molecule has 0 heterocycles. The number of carbonyl (C=O) groups excluding carboxylic acids is 1. The summed E-state index contributed by atoms with van der Waals surface area (Å²) in [5.74, 6) is 0.570. The number of benzene rings is 1. The highest BCUT2D eigenvalue weighted by atomic mass is 127. The molecule has 0 aromatic heterocycles. The number of amides is 1. The van der Waals surface area contributed by atoms with E-state index in [4.69, 9.17) is 11.6 Å². The topological polar surface area (TPSA) is 20.3 Å². The third-order valence-electron chi connectivity index (χ3n) is 3.07. The van der Waals surface area contributed by atoms with Crippen molar-refractivity contribution in [2.45, 2.75) is 32.7 Å². The van der Waals surface area contributed by atoms with Crippen molar-refractivity contribution in [1.82, 2.24) is 4.90 Å². The van der Waals surface area contributed by atoms with Crippen LogP contribution in [0.15, 0.2) is 24.3 Å². The second-order valence-electron chi connectivity index (χ2n) is 4.14. The minimum Gasteiger partial charge on any atom is -0.334 e. The Kier molecular flexibility index (Phi) is 7.00. The van der Waals surface area contributed by atoms with E-state index in [9.17, 15) is 4.79 Å². The highest BCUT2D eigenvalue weighted by Gasteiger charge is 2.22. The molecule has 0 fully saturated rings. The van der Waals surface area contributed by atoms with E-state index in [-0.39, 0.29) is 11.9 Å². The number of hydrogen-bond donors (Lipinski definition) is 0. The lowest BCUT2D eigenvalue weighted by Crippen LogP contribution is -2.41. The van der Waals surface area contributed by atoms with Crippen LogP contribution in [-0.2, 0) is 0 Å². The molecule has 0 saturated heterocycles. The quantitative estimate of drug-likeness (QED) is 0.537. The van der Waals surface area contributed by atoms with Gasteiger partial charge in [0.05, 0.1) is 5.56 Å². The normalized spacial score (nSPS) is 10.7. The van der Waals surface area contributed by atoms with Crippen molar-refractivity contribution in [2.24, 2.45) is 0 Å². The second kappa shape index (κ2) is 8.00. The van der Waals surface area contributed by atoms with Crippen LogP contribution in [0.2, 0.25) is 0 Å². The van der Waals surface area contributed by atoms with Gasteiger partial charge in [-0.25, -0.2) is 0 Å². The van der Waals surface area contributed by atoms with Gasteiger partial charge in [-0.3, -0.25) is 4.79 Å². The smallest absolute Gasteiger partial charge is 0.255 e. The molecule has 1 rings (SSSR count). The Morgan fingerprint density at radius 2 is 1.94 bits per heavy atom.